The quantitative estimate of drug-likeness (QED) is 0.847. The molecule has 1 aromatic heterocycles. The van der Waals surface area contributed by atoms with E-state index in [9.17, 15) is 9.59 Å². The smallest absolute Gasteiger partial charge is 0.441 e. The molecular weight excluding hydrogens is 274 g/mol. The van der Waals surface area contributed by atoms with E-state index in [0.717, 1.165) is 32.2 Å². The van der Waals surface area contributed by atoms with Crippen LogP contribution in [0.15, 0.2) is 9.32 Å². The van der Waals surface area contributed by atoms with Gasteiger partial charge < -0.3 is 10.0 Å². The van der Waals surface area contributed by atoms with Crippen LogP contribution < -0.4 is 5.76 Å². The molecule has 7 heteroatoms. The van der Waals surface area contributed by atoms with Crippen molar-refractivity contribution in [1.29, 1.82) is 0 Å². The molecule has 0 saturated heterocycles. The SMILES string of the molecule is CCN(CC1CCCCc2noc(=O)n21)C[C@H](C)C(=O)O. The minimum atomic E-state index is -0.794. The van der Waals surface area contributed by atoms with Gasteiger partial charge in [-0.1, -0.05) is 25.4 Å². The number of hydrogen-bond acceptors (Lipinski definition) is 5. The van der Waals surface area contributed by atoms with Crippen molar-refractivity contribution in [2.75, 3.05) is 19.6 Å². The first kappa shape index (κ1) is 15.8. The van der Waals surface area contributed by atoms with Gasteiger partial charge in [-0.25, -0.2) is 4.79 Å². The van der Waals surface area contributed by atoms with Gasteiger partial charge in [-0.15, -0.1) is 0 Å². The molecule has 1 unspecified atom stereocenters. The molecule has 0 amide bonds. The largest absolute Gasteiger partial charge is 0.481 e. The molecule has 1 N–H and O–H groups in total. The molecule has 1 aromatic rings. The van der Waals surface area contributed by atoms with Crippen LogP contribution in [-0.2, 0) is 11.2 Å². The average Bonchev–Trinajstić information content (AvgIpc) is 2.70. The number of carboxylic acids is 1. The van der Waals surface area contributed by atoms with E-state index in [4.69, 9.17) is 9.63 Å². The molecule has 0 radical (unpaired) electrons. The van der Waals surface area contributed by atoms with Crippen LogP contribution in [0.25, 0.3) is 0 Å². The lowest BCUT2D eigenvalue weighted by Gasteiger charge is -2.27. The number of nitrogens with zero attached hydrogens (tertiary/aromatic N) is 3. The number of carboxylic acid groups (broad SMARTS) is 1. The lowest BCUT2D eigenvalue weighted by atomic mass is 10.1. The van der Waals surface area contributed by atoms with Crippen molar-refractivity contribution in [3.8, 4) is 0 Å². The number of aromatic nitrogens is 2. The number of carbonyl (C=O) groups is 1. The molecule has 2 rings (SSSR count). The van der Waals surface area contributed by atoms with Crippen LogP contribution in [0.1, 0.15) is 45.0 Å². The first-order valence-corrected chi connectivity index (χ1v) is 7.55. The van der Waals surface area contributed by atoms with Crippen LogP contribution in [0.2, 0.25) is 0 Å². The van der Waals surface area contributed by atoms with E-state index in [2.05, 4.69) is 10.1 Å². The molecular formula is C14H23N3O4. The van der Waals surface area contributed by atoms with Crippen molar-refractivity contribution in [2.24, 2.45) is 5.92 Å². The third-order valence-electron chi connectivity index (χ3n) is 4.13. The highest BCUT2D eigenvalue weighted by atomic mass is 16.5. The van der Waals surface area contributed by atoms with Gasteiger partial charge in [-0.2, -0.15) is 0 Å². The third kappa shape index (κ3) is 3.72. The summed E-state index contributed by atoms with van der Waals surface area (Å²) < 4.78 is 6.44. The Kier molecular flexibility index (Phi) is 5.17. The van der Waals surface area contributed by atoms with Gasteiger partial charge in [-0.05, 0) is 19.4 Å². The summed E-state index contributed by atoms with van der Waals surface area (Å²) in [6, 6.07) is 0.0159. The van der Waals surface area contributed by atoms with Crippen LogP contribution >= 0.6 is 0 Å². The Hall–Kier alpha value is -1.63. The van der Waals surface area contributed by atoms with Gasteiger partial charge in [0.05, 0.1) is 12.0 Å². The summed E-state index contributed by atoms with van der Waals surface area (Å²) in [5, 5.41) is 12.9. The van der Waals surface area contributed by atoms with Crippen molar-refractivity contribution in [1.82, 2.24) is 14.6 Å². The van der Waals surface area contributed by atoms with E-state index in [-0.39, 0.29) is 6.04 Å². The Balaban J connectivity index is 2.11. The predicted octanol–water partition coefficient (Wildman–Crippen LogP) is 1.15. The number of aryl methyl sites for hydroxylation is 1. The molecule has 0 fully saturated rings. The van der Waals surface area contributed by atoms with E-state index in [1.165, 1.54) is 0 Å². The molecule has 7 nitrogen and oxygen atoms in total. The third-order valence-corrected chi connectivity index (χ3v) is 4.13. The van der Waals surface area contributed by atoms with Crippen molar-refractivity contribution < 1.29 is 14.4 Å². The fourth-order valence-corrected chi connectivity index (χ4v) is 2.87. The number of fused-ring (bicyclic) bond motifs is 1. The van der Waals surface area contributed by atoms with Crippen molar-refractivity contribution in [3.63, 3.8) is 0 Å². The van der Waals surface area contributed by atoms with Crippen molar-refractivity contribution in [2.45, 2.75) is 45.6 Å². The Morgan fingerprint density at radius 1 is 1.57 bits per heavy atom. The summed E-state index contributed by atoms with van der Waals surface area (Å²) in [6.45, 7) is 5.60. The highest BCUT2D eigenvalue weighted by Crippen LogP contribution is 2.22. The summed E-state index contributed by atoms with van der Waals surface area (Å²) >= 11 is 0. The Bertz CT molecular complexity index is 537. The van der Waals surface area contributed by atoms with E-state index < -0.39 is 17.6 Å². The van der Waals surface area contributed by atoms with Gasteiger partial charge in [0, 0.05) is 19.5 Å². The maximum absolute atomic E-state index is 11.8. The van der Waals surface area contributed by atoms with Gasteiger partial charge in [0.2, 0.25) is 0 Å². The fraction of sp³-hybridized carbons (Fsp3) is 0.786. The minimum Gasteiger partial charge on any atom is -0.481 e. The van der Waals surface area contributed by atoms with E-state index in [1.54, 1.807) is 11.5 Å². The zero-order valence-corrected chi connectivity index (χ0v) is 12.6. The molecule has 1 aliphatic heterocycles. The van der Waals surface area contributed by atoms with E-state index >= 15 is 0 Å². The number of likely N-dealkylation sites (N-methyl/N-ethyl adjacent to an activating group) is 1. The Morgan fingerprint density at radius 3 is 3.00 bits per heavy atom. The second kappa shape index (κ2) is 6.89. The molecule has 21 heavy (non-hydrogen) atoms. The van der Waals surface area contributed by atoms with E-state index in [0.29, 0.717) is 18.9 Å². The van der Waals surface area contributed by atoms with Crippen molar-refractivity contribution >= 4 is 5.97 Å². The second-order valence-corrected chi connectivity index (χ2v) is 5.73. The zero-order chi connectivity index (χ0) is 15.4. The first-order chi connectivity index (χ1) is 10.0. The summed E-state index contributed by atoms with van der Waals surface area (Å²) in [5.41, 5.74) is 0. The van der Waals surface area contributed by atoms with Crippen LogP contribution in [0, 0.1) is 5.92 Å². The number of aliphatic carboxylic acids is 1. The lowest BCUT2D eigenvalue weighted by Crippen LogP contribution is -2.38. The van der Waals surface area contributed by atoms with Gasteiger partial charge >= 0.3 is 11.7 Å². The standard InChI is InChI=1S/C14H23N3O4/c1-3-16(8-10(2)13(18)19)9-11-6-4-5-7-12-15-21-14(20)17(11)12/h10-11H,3-9H2,1-2H3,(H,18,19)/t10-,11?/m0/s1. The molecule has 2 atom stereocenters. The summed E-state index contributed by atoms with van der Waals surface area (Å²) in [4.78, 5) is 24.9. The Labute approximate surface area is 123 Å². The van der Waals surface area contributed by atoms with Crippen LogP contribution in [0.4, 0.5) is 0 Å². The summed E-state index contributed by atoms with van der Waals surface area (Å²) in [7, 11) is 0. The maximum Gasteiger partial charge on any atom is 0.441 e. The second-order valence-electron chi connectivity index (χ2n) is 5.73. The van der Waals surface area contributed by atoms with Gasteiger partial charge in [-0.3, -0.25) is 13.9 Å². The molecule has 118 valence electrons. The average molecular weight is 297 g/mol. The molecule has 0 aliphatic carbocycles. The molecule has 0 bridgehead atoms. The van der Waals surface area contributed by atoms with Gasteiger partial charge in [0.1, 0.15) is 0 Å². The first-order valence-electron chi connectivity index (χ1n) is 7.55. The van der Waals surface area contributed by atoms with Gasteiger partial charge in [0.15, 0.2) is 5.82 Å². The van der Waals surface area contributed by atoms with Crippen LogP contribution in [0.5, 0.6) is 0 Å². The van der Waals surface area contributed by atoms with Crippen LogP contribution in [-0.4, -0.2) is 45.3 Å². The van der Waals surface area contributed by atoms with Crippen molar-refractivity contribution in [3.05, 3.63) is 16.4 Å². The lowest BCUT2D eigenvalue weighted by molar-refractivity contribution is -0.141. The zero-order valence-electron chi connectivity index (χ0n) is 12.6. The Morgan fingerprint density at radius 2 is 2.33 bits per heavy atom. The van der Waals surface area contributed by atoms with E-state index in [1.807, 2.05) is 6.92 Å². The summed E-state index contributed by atoms with van der Waals surface area (Å²) in [5.74, 6) is -0.907. The molecule has 1 aliphatic rings. The fourth-order valence-electron chi connectivity index (χ4n) is 2.87. The topological polar surface area (TPSA) is 88.6 Å². The predicted molar refractivity (Wildman–Crippen MR) is 76.3 cm³/mol. The normalized spacial score (nSPS) is 20.0. The molecule has 0 aromatic carbocycles. The molecule has 0 spiro atoms. The maximum atomic E-state index is 11.8. The monoisotopic (exact) mass is 297 g/mol. The minimum absolute atomic E-state index is 0.0159. The number of hydrogen-bond donors (Lipinski definition) is 1. The van der Waals surface area contributed by atoms with Crippen LogP contribution in [0.3, 0.4) is 0 Å². The highest BCUT2D eigenvalue weighted by molar-refractivity contribution is 5.69. The van der Waals surface area contributed by atoms with Gasteiger partial charge in [0.25, 0.3) is 0 Å². The summed E-state index contributed by atoms with van der Waals surface area (Å²) in [6.07, 6.45) is 3.70. The molecule has 2 heterocycles. The number of rotatable bonds is 6. The highest BCUT2D eigenvalue weighted by Gasteiger charge is 2.25. The molecule has 0 saturated carbocycles.